The highest BCUT2D eigenvalue weighted by atomic mass is 16.5. The van der Waals surface area contributed by atoms with Crippen molar-refractivity contribution in [3.05, 3.63) is 35.4 Å². The molecule has 1 fully saturated rings. The van der Waals surface area contributed by atoms with Crippen molar-refractivity contribution in [3.8, 4) is 0 Å². The lowest BCUT2D eigenvalue weighted by molar-refractivity contribution is 0.0599. The van der Waals surface area contributed by atoms with Gasteiger partial charge in [-0.2, -0.15) is 0 Å². The van der Waals surface area contributed by atoms with Crippen LogP contribution in [0.1, 0.15) is 41.6 Å². The van der Waals surface area contributed by atoms with E-state index >= 15 is 0 Å². The van der Waals surface area contributed by atoms with Gasteiger partial charge in [0, 0.05) is 6.54 Å². The molecule has 2 rings (SSSR count). The first-order chi connectivity index (χ1) is 8.81. The monoisotopic (exact) mass is 247 g/mol. The van der Waals surface area contributed by atoms with E-state index in [1.165, 1.54) is 32.8 Å². The van der Waals surface area contributed by atoms with Crippen LogP contribution in [0.2, 0.25) is 0 Å². The van der Waals surface area contributed by atoms with Crippen LogP contribution < -0.4 is 5.32 Å². The standard InChI is InChI=1S/C15H21NO2/c1-18-15(17)14-9-5-4-8-13(14)11-16-10-12-6-2-3-7-12/h4-5,8-9,12,16H,2-3,6-7,10-11H2,1H3. The fourth-order valence-electron chi connectivity index (χ4n) is 2.61. The van der Waals surface area contributed by atoms with Gasteiger partial charge in [0.25, 0.3) is 0 Å². The van der Waals surface area contributed by atoms with Crippen molar-refractivity contribution in [1.29, 1.82) is 0 Å². The maximum Gasteiger partial charge on any atom is 0.338 e. The summed E-state index contributed by atoms with van der Waals surface area (Å²) in [6.45, 7) is 1.79. The average Bonchev–Trinajstić information content (AvgIpc) is 2.92. The van der Waals surface area contributed by atoms with Gasteiger partial charge in [-0.15, -0.1) is 0 Å². The minimum absolute atomic E-state index is 0.256. The quantitative estimate of drug-likeness (QED) is 0.813. The van der Waals surface area contributed by atoms with Gasteiger partial charge in [0.2, 0.25) is 0 Å². The second-order valence-electron chi connectivity index (χ2n) is 4.93. The first-order valence-electron chi connectivity index (χ1n) is 6.68. The minimum Gasteiger partial charge on any atom is -0.465 e. The molecule has 1 N–H and O–H groups in total. The Morgan fingerprint density at radius 2 is 2.06 bits per heavy atom. The second-order valence-corrected chi connectivity index (χ2v) is 4.93. The summed E-state index contributed by atoms with van der Waals surface area (Å²) >= 11 is 0. The number of ether oxygens (including phenoxy) is 1. The van der Waals surface area contributed by atoms with E-state index in [-0.39, 0.29) is 5.97 Å². The molecule has 1 saturated carbocycles. The largest absolute Gasteiger partial charge is 0.465 e. The Balaban J connectivity index is 1.89. The number of carbonyl (C=O) groups is 1. The molecule has 0 radical (unpaired) electrons. The summed E-state index contributed by atoms with van der Waals surface area (Å²) < 4.78 is 4.79. The zero-order valence-corrected chi connectivity index (χ0v) is 10.9. The van der Waals surface area contributed by atoms with E-state index in [4.69, 9.17) is 4.74 Å². The van der Waals surface area contributed by atoms with Crippen LogP contribution in [0, 0.1) is 5.92 Å². The first kappa shape index (κ1) is 13.1. The molecule has 1 aromatic rings. The number of esters is 1. The number of rotatable bonds is 5. The van der Waals surface area contributed by atoms with E-state index in [0.29, 0.717) is 5.56 Å². The highest BCUT2D eigenvalue weighted by Gasteiger charge is 2.15. The predicted molar refractivity (Wildman–Crippen MR) is 71.4 cm³/mol. The molecule has 0 unspecified atom stereocenters. The molecule has 3 nitrogen and oxygen atoms in total. The predicted octanol–water partition coefficient (Wildman–Crippen LogP) is 2.75. The molecular weight excluding hydrogens is 226 g/mol. The number of hydrogen-bond donors (Lipinski definition) is 1. The lowest BCUT2D eigenvalue weighted by atomic mass is 10.1. The summed E-state index contributed by atoms with van der Waals surface area (Å²) in [5.74, 6) is 0.559. The Morgan fingerprint density at radius 3 is 2.78 bits per heavy atom. The van der Waals surface area contributed by atoms with Crippen LogP contribution in [-0.4, -0.2) is 19.6 Å². The van der Waals surface area contributed by atoms with Crippen LogP contribution in [0.15, 0.2) is 24.3 Å². The molecular formula is C15H21NO2. The number of benzene rings is 1. The second kappa shape index (κ2) is 6.55. The molecule has 1 aromatic carbocycles. The molecule has 0 aromatic heterocycles. The van der Waals surface area contributed by atoms with E-state index < -0.39 is 0 Å². The third-order valence-corrected chi connectivity index (χ3v) is 3.65. The lowest BCUT2D eigenvalue weighted by Crippen LogP contribution is -2.22. The third-order valence-electron chi connectivity index (χ3n) is 3.65. The van der Waals surface area contributed by atoms with Crippen LogP contribution in [0.3, 0.4) is 0 Å². The van der Waals surface area contributed by atoms with Gasteiger partial charge in [-0.3, -0.25) is 0 Å². The zero-order valence-electron chi connectivity index (χ0n) is 10.9. The molecule has 0 bridgehead atoms. The Labute approximate surface area is 109 Å². The summed E-state index contributed by atoms with van der Waals surface area (Å²) in [5, 5.41) is 3.46. The summed E-state index contributed by atoms with van der Waals surface area (Å²) in [6, 6.07) is 7.62. The lowest BCUT2D eigenvalue weighted by Gasteiger charge is -2.12. The van der Waals surface area contributed by atoms with Crippen molar-refractivity contribution in [2.75, 3.05) is 13.7 Å². The fourth-order valence-corrected chi connectivity index (χ4v) is 2.61. The smallest absolute Gasteiger partial charge is 0.338 e. The molecule has 0 spiro atoms. The van der Waals surface area contributed by atoms with Crippen molar-refractivity contribution in [2.24, 2.45) is 5.92 Å². The van der Waals surface area contributed by atoms with E-state index in [1.807, 2.05) is 24.3 Å². The van der Waals surface area contributed by atoms with Gasteiger partial charge in [0.15, 0.2) is 0 Å². The molecule has 0 saturated heterocycles. The van der Waals surface area contributed by atoms with Gasteiger partial charge in [-0.1, -0.05) is 31.0 Å². The van der Waals surface area contributed by atoms with Crippen molar-refractivity contribution in [1.82, 2.24) is 5.32 Å². The average molecular weight is 247 g/mol. The van der Waals surface area contributed by atoms with Gasteiger partial charge in [0.05, 0.1) is 12.7 Å². The summed E-state index contributed by atoms with van der Waals surface area (Å²) in [7, 11) is 1.42. The van der Waals surface area contributed by atoms with Crippen LogP contribution in [-0.2, 0) is 11.3 Å². The highest BCUT2D eigenvalue weighted by molar-refractivity contribution is 5.90. The Kier molecular flexibility index (Phi) is 4.76. The third kappa shape index (κ3) is 3.33. The molecule has 18 heavy (non-hydrogen) atoms. The molecule has 0 heterocycles. The Morgan fingerprint density at radius 1 is 1.33 bits per heavy atom. The minimum atomic E-state index is -0.256. The van der Waals surface area contributed by atoms with Crippen LogP contribution >= 0.6 is 0 Å². The van der Waals surface area contributed by atoms with Crippen molar-refractivity contribution >= 4 is 5.97 Å². The van der Waals surface area contributed by atoms with Crippen LogP contribution in [0.25, 0.3) is 0 Å². The normalized spacial score (nSPS) is 15.8. The van der Waals surface area contributed by atoms with Crippen molar-refractivity contribution in [2.45, 2.75) is 32.2 Å². The Hall–Kier alpha value is -1.35. The maximum atomic E-state index is 11.6. The maximum absolute atomic E-state index is 11.6. The van der Waals surface area contributed by atoms with Gasteiger partial charge in [0.1, 0.15) is 0 Å². The number of hydrogen-bond acceptors (Lipinski definition) is 3. The first-order valence-corrected chi connectivity index (χ1v) is 6.68. The zero-order chi connectivity index (χ0) is 12.8. The highest BCUT2D eigenvalue weighted by Crippen LogP contribution is 2.23. The van der Waals surface area contributed by atoms with Crippen molar-refractivity contribution < 1.29 is 9.53 Å². The van der Waals surface area contributed by atoms with E-state index in [0.717, 1.165) is 24.6 Å². The van der Waals surface area contributed by atoms with E-state index in [2.05, 4.69) is 5.32 Å². The van der Waals surface area contributed by atoms with Gasteiger partial charge in [-0.25, -0.2) is 4.79 Å². The number of carbonyl (C=O) groups excluding carboxylic acids is 1. The molecule has 1 aliphatic rings. The Bertz CT molecular complexity index is 397. The summed E-state index contributed by atoms with van der Waals surface area (Å²) in [4.78, 5) is 11.6. The number of nitrogens with one attached hydrogen (secondary N) is 1. The van der Waals surface area contributed by atoms with Crippen LogP contribution in [0.4, 0.5) is 0 Å². The topological polar surface area (TPSA) is 38.3 Å². The molecule has 0 aliphatic heterocycles. The SMILES string of the molecule is COC(=O)c1ccccc1CNCC1CCCC1. The van der Waals surface area contributed by atoms with Gasteiger partial charge in [-0.05, 0) is 36.9 Å². The van der Waals surface area contributed by atoms with Crippen molar-refractivity contribution in [3.63, 3.8) is 0 Å². The van der Waals surface area contributed by atoms with Gasteiger partial charge >= 0.3 is 5.97 Å². The number of methoxy groups -OCH3 is 1. The van der Waals surface area contributed by atoms with E-state index in [9.17, 15) is 4.79 Å². The van der Waals surface area contributed by atoms with Crippen LogP contribution in [0.5, 0.6) is 0 Å². The van der Waals surface area contributed by atoms with E-state index in [1.54, 1.807) is 0 Å². The molecule has 3 heteroatoms. The van der Waals surface area contributed by atoms with Gasteiger partial charge < -0.3 is 10.1 Å². The summed E-state index contributed by atoms with van der Waals surface area (Å²) in [5.41, 5.74) is 1.68. The molecule has 0 amide bonds. The molecule has 98 valence electrons. The molecule has 1 aliphatic carbocycles. The summed E-state index contributed by atoms with van der Waals surface area (Å²) in [6.07, 6.45) is 5.41. The molecule has 0 atom stereocenters. The fraction of sp³-hybridized carbons (Fsp3) is 0.533.